The number of thiocarbonyl (C=S) groups is 1. The van der Waals surface area contributed by atoms with Gasteiger partial charge in [0.25, 0.3) is 5.91 Å². The molecule has 0 bridgehead atoms. The van der Waals surface area contributed by atoms with Crippen LogP contribution in [-0.4, -0.2) is 50.9 Å². The molecule has 0 aliphatic carbocycles. The first-order valence-corrected chi connectivity index (χ1v) is 9.95. The number of ether oxygens (including phenoxy) is 1. The molecule has 0 saturated carbocycles. The van der Waals surface area contributed by atoms with Crippen LogP contribution in [0, 0.1) is 0 Å². The van der Waals surface area contributed by atoms with E-state index in [1.807, 2.05) is 12.1 Å². The van der Waals surface area contributed by atoms with E-state index in [2.05, 4.69) is 34.6 Å². The summed E-state index contributed by atoms with van der Waals surface area (Å²) in [6.07, 6.45) is 0. The Morgan fingerprint density at radius 2 is 1.75 bits per heavy atom. The van der Waals surface area contributed by atoms with E-state index in [-0.39, 0.29) is 11.0 Å². The van der Waals surface area contributed by atoms with Gasteiger partial charge >= 0.3 is 0 Å². The van der Waals surface area contributed by atoms with Crippen molar-refractivity contribution in [2.75, 3.05) is 50.1 Å². The Hall–Kier alpha value is -2.64. The Morgan fingerprint density at radius 1 is 1.11 bits per heavy atom. The van der Waals surface area contributed by atoms with Crippen molar-refractivity contribution >= 4 is 34.6 Å². The Balaban J connectivity index is 1.52. The minimum absolute atomic E-state index is 0.256. The summed E-state index contributed by atoms with van der Waals surface area (Å²) in [6.45, 7) is 7.94. The Labute approximate surface area is 171 Å². The Kier molecular flexibility index (Phi) is 6.84. The highest BCUT2D eigenvalue weighted by Gasteiger charge is 2.18. The zero-order chi connectivity index (χ0) is 19.9. The molecule has 0 atom stereocenters. The molecule has 0 unspecified atom stereocenters. The first-order valence-electron chi connectivity index (χ1n) is 9.54. The van der Waals surface area contributed by atoms with E-state index in [9.17, 15) is 4.79 Å². The van der Waals surface area contributed by atoms with Crippen LogP contribution in [-0.2, 0) is 0 Å². The van der Waals surface area contributed by atoms with Gasteiger partial charge in [0.1, 0.15) is 5.75 Å². The Morgan fingerprint density at radius 3 is 2.32 bits per heavy atom. The number of anilines is 2. The molecule has 0 aromatic heterocycles. The molecule has 3 rings (SSSR count). The van der Waals surface area contributed by atoms with E-state index in [0.717, 1.165) is 18.8 Å². The predicted octanol–water partition coefficient (Wildman–Crippen LogP) is 1.55. The minimum Gasteiger partial charge on any atom is -0.497 e. The molecule has 2 aromatic carbocycles. The molecule has 3 N–H and O–H groups in total. The zero-order valence-corrected chi connectivity index (χ0v) is 17.1. The number of amides is 1. The van der Waals surface area contributed by atoms with E-state index in [4.69, 9.17) is 17.0 Å². The zero-order valence-electron chi connectivity index (χ0n) is 16.3. The normalized spacial score (nSPS) is 14.4. The van der Waals surface area contributed by atoms with Crippen molar-refractivity contribution < 1.29 is 14.4 Å². The van der Waals surface area contributed by atoms with Gasteiger partial charge in [-0.1, -0.05) is 0 Å². The van der Waals surface area contributed by atoms with Crippen molar-refractivity contribution in [1.29, 1.82) is 0 Å². The number of nitrogens with one attached hydrogen (secondary N) is 3. The number of methoxy groups -OCH3 is 1. The summed E-state index contributed by atoms with van der Waals surface area (Å²) in [4.78, 5) is 16.3. The van der Waals surface area contributed by atoms with Gasteiger partial charge in [-0.2, -0.15) is 0 Å². The van der Waals surface area contributed by atoms with Gasteiger partial charge in [0.05, 0.1) is 39.8 Å². The molecule has 6 nitrogen and oxygen atoms in total. The smallest absolute Gasteiger partial charge is 0.257 e. The molecule has 28 heavy (non-hydrogen) atoms. The molecule has 1 fully saturated rings. The van der Waals surface area contributed by atoms with Crippen molar-refractivity contribution in [2.24, 2.45) is 0 Å². The van der Waals surface area contributed by atoms with Crippen molar-refractivity contribution in [3.05, 3.63) is 54.1 Å². The summed E-state index contributed by atoms with van der Waals surface area (Å²) >= 11 is 5.26. The maximum atomic E-state index is 12.3. The van der Waals surface area contributed by atoms with E-state index >= 15 is 0 Å². The number of likely N-dealkylation sites (N-methyl/N-ethyl adjacent to an activating group) is 1. The molecule has 1 heterocycles. The van der Waals surface area contributed by atoms with Crippen LogP contribution in [0.1, 0.15) is 17.3 Å². The van der Waals surface area contributed by atoms with Gasteiger partial charge in [-0.25, -0.2) is 0 Å². The average Bonchev–Trinajstić information content (AvgIpc) is 2.74. The van der Waals surface area contributed by atoms with Gasteiger partial charge in [-0.3, -0.25) is 10.1 Å². The van der Waals surface area contributed by atoms with Gasteiger partial charge in [-0.15, -0.1) is 0 Å². The van der Waals surface area contributed by atoms with Crippen molar-refractivity contribution in [3.8, 4) is 5.75 Å². The number of carbonyl (C=O) groups is 1. The number of hydrogen-bond donors (Lipinski definition) is 3. The van der Waals surface area contributed by atoms with Gasteiger partial charge < -0.3 is 19.9 Å². The van der Waals surface area contributed by atoms with E-state index < -0.39 is 0 Å². The second-order valence-electron chi connectivity index (χ2n) is 6.77. The van der Waals surface area contributed by atoms with Crippen LogP contribution in [0.25, 0.3) is 0 Å². The SMILES string of the molecule is CC[NH+]1CCN(c2ccc(NC(=S)NC(=O)c3ccc(OC)cc3)cc2)CC1. The highest BCUT2D eigenvalue weighted by atomic mass is 32.1. The quantitative estimate of drug-likeness (QED) is 0.666. The predicted molar refractivity (Wildman–Crippen MR) is 117 cm³/mol. The van der Waals surface area contributed by atoms with Crippen LogP contribution >= 0.6 is 12.2 Å². The lowest BCUT2D eigenvalue weighted by atomic mass is 10.2. The summed E-state index contributed by atoms with van der Waals surface area (Å²) in [5.74, 6) is 0.447. The number of piperazine rings is 1. The summed E-state index contributed by atoms with van der Waals surface area (Å²) in [6, 6.07) is 15.0. The molecule has 1 aliphatic heterocycles. The van der Waals surface area contributed by atoms with Gasteiger partial charge in [0, 0.05) is 16.9 Å². The number of nitrogens with zero attached hydrogens (tertiary/aromatic N) is 1. The molecule has 2 aromatic rings. The van der Waals surface area contributed by atoms with Gasteiger partial charge in [0.2, 0.25) is 0 Å². The first-order chi connectivity index (χ1) is 13.6. The second-order valence-corrected chi connectivity index (χ2v) is 7.18. The van der Waals surface area contributed by atoms with E-state index in [0.29, 0.717) is 11.3 Å². The van der Waals surface area contributed by atoms with Crippen LogP contribution in [0.15, 0.2) is 48.5 Å². The van der Waals surface area contributed by atoms with Crippen LogP contribution < -0.4 is 25.2 Å². The molecular formula is C21H27N4O2S+. The monoisotopic (exact) mass is 399 g/mol. The lowest BCUT2D eigenvalue weighted by molar-refractivity contribution is -0.898. The number of benzene rings is 2. The highest BCUT2D eigenvalue weighted by molar-refractivity contribution is 7.80. The number of carbonyl (C=O) groups excluding carboxylic acids is 1. The van der Waals surface area contributed by atoms with Crippen LogP contribution in [0.5, 0.6) is 5.75 Å². The third-order valence-corrected chi connectivity index (χ3v) is 5.24. The highest BCUT2D eigenvalue weighted by Crippen LogP contribution is 2.18. The minimum atomic E-state index is -0.256. The van der Waals surface area contributed by atoms with Crippen LogP contribution in [0.3, 0.4) is 0 Å². The largest absolute Gasteiger partial charge is 0.497 e. The van der Waals surface area contributed by atoms with Gasteiger partial charge in [0.15, 0.2) is 5.11 Å². The van der Waals surface area contributed by atoms with Gasteiger partial charge in [-0.05, 0) is 67.7 Å². The number of quaternary nitrogens is 1. The number of rotatable bonds is 5. The Bertz CT molecular complexity index is 800. The van der Waals surface area contributed by atoms with Crippen molar-refractivity contribution in [1.82, 2.24) is 5.32 Å². The summed E-state index contributed by atoms with van der Waals surface area (Å²) in [5.41, 5.74) is 2.59. The van der Waals surface area contributed by atoms with E-state index in [1.165, 1.54) is 25.3 Å². The molecular weight excluding hydrogens is 372 g/mol. The molecule has 1 amide bonds. The fraction of sp³-hybridized carbons (Fsp3) is 0.333. The maximum absolute atomic E-state index is 12.3. The number of hydrogen-bond acceptors (Lipinski definition) is 4. The van der Waals surface area contributed by atoms with Crippen molar-refractivity contribution in [3.63, 3.8) is 0 Å². The molecule has 0 spiro atoms. The molecule has 148 valence electrons. The third kappa shape index (κ3) is 5.21. The molecule has 1 aliphatic rings. The van der Waals surface area contributed by atoms with Crippen molar-refractivity contribution in [2.45, 2.75) is 6.92 Å². The van der Waals surface area contributed by atoms with Crippen LogP contribution in [0.4, 0.5) is 11.4 Å². The topological polar surface area (TPSA) is 58.0 Å². The summed E-state index contributed by atoms with van der Waals surface area (Å²) in [5, 5.41) is 6.03. The van der Waals surface area contributed by atoms with Crippen LogP contribution in [0.2, 0.25) is 0 Å². The van der Waals surface area contributed by atoms with E-state index in [1.54, 1.807) is 36.3 Å². The fourth-order valence-electron chi connectivity index (χ4n) is 3.27. The molecule has 7 heteroatoms. The molecule has 1 saturated heterocycles. The molecule has 0 radical (unpaired) electrons. The lowest BCUT2D eigenvalue weighted by Crippen LogP contribution is -3.14. The fourth-order valence-corrected chi connectivity index (χ4v) is 3.48. The third-order valence-electron chi connectivity index (χ3n) is 5.04. The summed E-state index contributed by atoms with van der Waals surface area (Å²) in [7, 11) is 1.59. The maximum Gasteiger partial charge on any atom is 0.257 e. The second kappa shape index (κ2) is 9.52. The summed E-state index contributed by atoms with van der Waals surface area (Å²) < 4.78 is 5.10. The standard InChI is InChI=1S/C21H26N4O2S/c1-3-24-12-14-25(15-13-24)18-8-6-17(7-9-18)22-21(28)23-20(26)16-4-10-19(27-2)11-5-16/h4-11H,3,12-15H2,1-2H3,(H2,22,23,26,28)/p+1. The average molecular weight is 400 g/mol. The lowest BCUT2D eigenvalue weighted by Gasteiger charge is -2.33. The first kappa shape index (κ1) is 20.1.